The van der Waals surface area contributed by atoms with Crippen molar-refractivity contribution < 1.29 is 9.59 Å². The van der Waals surface area contributed by atoms with Crippen LogP contribution in [0.3, 0.4) is 0 Å². The molecule has 0 unspecified atom stereocenters. The quantitative estimate of drug-likeness (QED) is 0.719. The van der Waals surface area contributed by atoms with Gasteiger partial charge in [-0.1, -0.05) is 41.9 Å². The highest BCUT2D eigenvalue weighted by Crippen LogP contribution is 2.18. The lowest BCUT2D eigenvalue weighted by atomic mass is 10.1. The summed E-state index contributed by atoms with van der Waals surface area (Å²) in [5.74, 6) is -0.317. The first-order valence-corrected chi connectivity index (χ1v) is 8.91. The van der Waals surface area contributed by atoms with Crippen LogP contribution in [-0.4, -0.2) is 28.1 Å². The molecular formula is C20H20ClN3O2. The van der Waals surface area contributed by atoms with Crippen LogP contribution in [0, 0.1) is 6.92 Å². The van der Waals surface area contributed by atoms with Gasteiger partial charge in [0.15, 0.2) is 0 Å². The number of hydrogen-bond acceptors (Lipinski definition) is 3. The van der Waals surface area contributed by atoms with Crippen molar-refractivity contribution in [1.29, 1.82) is 0 Å². The predicted molar refractivity (Wildman–Crippen MR) is 102 cm³/mol. The van der Waals surface area contributed by atoms with Crippen LogP contribution in [0.25, 0.3) is 10.9 Å². The zero-order chi connectivity index (χ0) is 18.5. The largest absolute Gasteiger partial charge is 0.356 e. The summed E-state index contributed by atoms with van der Waals surface area (Å²) < 4.78 is 1.39. The number of carbonyl (C=O) groups excluding carboxylic acids is 2. The van der Waals surface area contributed by atoms with Gasteiger partial charge >= 0.3 is 0 Å². The number of aryl methyl sites for hydroxylation is 1. The standard InChI is InChI=1S/C20H20ClN3O2/c1-14-17-4-2-3-5-18(17)24(23-14)20(26)11-10-19(25)22-13-12-15-6-8-16(21)9-7-15/h2-9H,10-13H2,1H3,(H,22,25). The average molecular weight is 370 g/mol. The summed E-state index contributed by atoms with van der Waals surface area (Å²) >= 11 is 5.85. The molecule has 0 radical (unpaired) electrons. The Balaban J connectivity index is 1.49. The first kappa shape index (κ1) is 18.1. The number of nitrogens with one attached hydrogen (secondary N) is 1. The average Bonchev–Trinajstić information content (AvgIpc) is 2.99. The van der Waals surface area contributed by atoms with E-state index in [-0.39, 0.29) is 24.7 Å². The normalized spacial score (nSPS) is 10.8. The SMILES string of the molecule is Cc1nn(C(=O)CCC(=O)NCCc2ccc(Cl)cc2)c2ccccc12. The first-order valence-electron chi connectivity index (χ1n) is 8.53. The lowest BCUT2D eigenvalue weighted by Gasteiger charge is -2.06. The maximum absolute atomic E-state index is 12.4. The molecule has 3 aromatic rings. The van der Waals surface area contributed by atoms with Gasteiger partial charge in [0, 0.05) is 29.8 Å². The molecule has 0 aliphatic carbocycles. The number of aromatic nitrogens is 2. The third-order valence-corrected chi connectivity index (χ3v) is 4.48. The lowest BCUT2D eigenvalue weighted by molar-refractivity contribution is -0.121. The van der Waals surface area contributed by atoms with Gasteiger partial charge in [-0.15, -0.1) is 0 Å². The van der Waals surface area contributed by atoms with Crippen molar-refractivity contribution in [1.82, 2.24) is 15.1 Å². The van der Waals surface area contributed by atoms with E-state index in [1.807, 2.05) is 55.5 Å². The van der Waals surface area contributed by atoms with Crippen molar-refractivity contribution in [2.45, 2.75) is 26.2 Å². The Morgan fingerprint density at radius 2 is 1.81 bits per heavy atom. The molecule has 0 aliphatic rings. The molecule has 1 amide bonds. The van der Waals surface area contributed by atoms with E-state index < -0.39 is 0 Å². The Morgan fingerprint density at radius 3 is 2.58 bits per heavy atom. The topological polar surface area (TPSA) is 64.0 Å². The van der Waals surface area contributed by atoms with Crippen LogP contribution in [-0.2, 0) is 11.2 Å². The third kappa shape index (κ3) is 4.29. The van der Waals surface area contributed by atoms with Crippen molar-refractivity contribution >= 4 is 34.3 Å². The summed E-state index contributed by atoms with van der Waals surface area (Å²) in [7, 11) is 0. The van der Waals surface area contributed by atoms with Gasteiger partial charge in [0.2, 0.25) is 11.8 Å². The second-order valence-electron chi connectivity index (χ2n) is 6.13. The van der Waals surface area contributed by atoms with Crippen molar-refractivity contribution in [2.75, 3.05) is 6.54 Å². The van der Waals surface area contributed by atoms with Crippen molar-refractivity contribution in [3.63, 3.8) is 0 Å². The maximum atomic E-state index is 12.4. The van der Waals surface area contributed by atoms with Crippen LogP contribution in [0.4, 0.5) is 0 Å². The number of hydrogen-bond donors (Lipinski definition) is 1. The molecule has 2 aromatic carbocycles. The van der Waals surface area contributed by atoms with Crippen molar-refractivity contribution in [2.24, 2.45) is 0 Å². The highest BCUT2D eigenvalue weighted by atomic mass is 35.5. The summed E-state index contributed by atoms with van der Waals surface area (Å²) in [6.45, 7) is 2.40. The van der Waals surface area contributed by atoms with E-state index in [1.165, 1.54) is 4.68 Å². The first-order chi connectivity index (χ1) is 12.5. The fraction of sp³-hybridized carbons (Fsp3) is 0.250. The highest BCUT2D eigenvalue weighted by molar-refractivity contribution is 6.30. The van der Waals surface area contributed by atoms with E-state index in [4.69, 9.17) is 11.6 Å². The minimum atomic E-state index is -0.179. The molecule has 0 saturated carbocycles. The summed E-state index contributed by atoms with van der Waals surface area (Å²) in [5, 5.41) is 8.79. The monoisotopic (exact) mass is 369 g/mol. The molecule has 3 rings (SSSR count). The Labute approximate surface area is 157 Å². The molecule has 0 atom stereocenters. The van der Waals surface area contributed by atoms with Crippen LogP contribution in [0.5, 0.6) is 0 Å². The van der Waals surface area contributed by atoms with Crippen molar-refractivity contribution in [3.8, 4) is 0 Å². The zero-order valence-corrected chi connectivity index (χ0v) is 15.3. The van der Waals surface area contributed by atoms with E-state index in [9.17, 15) is 9.59 Å². The fourth-order valence-electron chi connectivity index (χ4n) is 2.82. The molecule has 0 aliphatic heterocycles. The molecule has 1 heterocycles. The van der Waals surface area contributed by atoms with E-state index in [1.54, 1.807) is 0 Å². The van der Waals surface area contributed by atoms with Crippen LogP contribution >= 0.6 is 11.6 Å². The second kappa shape index (κ2) is 8.15. The molecule has 134 valence electrons. The molecule has 1 aromatic heterocycles. The van der Waals surface area contributed by atoms with Gasteiger partial charge in [0.25, 0.3) is 0 Å². The number of halogens is 1. The third-order valence-electron chi connectivity index (χ3n) is 4.22. The molecular weight excluding hydrogens is 350 g/mol. The zero-order valence-electron chi connectivity index (χ0n) is 14.5. The number of para-hydroxylation sites is 1. The molecule has 26 heavy (non-hydrogen) atoms. The van der Waals surface area contributed by atoms with Gasteiger partial charge in [-0.2, -0.15) is 9.78 Å². The number of benzene rings is 2. The Kier molecular flexibility index (Phi) is 5.68. The second-order valence-corrected chi connectivity index (χ2v) is 6.57. The number of nitrogens with zero attached hydrogens (tertiary/aromatic N) is 2. The van der Waals surface area contributed by atoms with E-state index >= 15 is 0 Å². The minimum Gasteiger partial charge on any atom is -0.356 e. The summed E-state index contributed by atoms with van der Waals surface area (Å²) in [6.07, 6.45) is 0.990. The number of amides is 1. The number of rotatable bonds is 6. The summed E-state index contributed by atoms with van der Waals surface area (Å²) in [5.41, 5.74) is 2.68. The summed E-state index contributed by atoms with van der Waals surface area (Å²) in [6, 6.07) is 15.1. The maximum Gasteiger partial charge on any atom is 0.247 e. The molecule has 1 N–H and O–H groups in total. The number of carbonyl (C=O) groups is 2. The van der Waals surface area contributed by atoms with Crippen molar-refractivity contribution in [3.05, 3.63) is 64.8 Å². The van der Waals surface area contributed by atoms with E-state index in [0.29, 0.717) is 11.6 Å². The summed E-state index contributed by atoms with van der Waals surface area (Å²) in [4.78, 5) is 24.4. The van der Waals surface area contributed by atoms with Crippen LogP contribution in [0.15, 0.2) is 48.5 Å². The molecule has 0 saturated heterocycles. The molecule has 0 bridgehead atoms. The molecule has 0 spiro atoms. The number of fused-ring (bicyclic) bond motifs is 1. The molecule has 0 fully saturated rings. The Morgan fingerprint density at radius 1 is 1.08 bits per heavy atom. The van der Waals surface area contributed by atoms with Crippen LogP contribution in [0.2, 0.25) is 5.02 Å². The van der Waals surface area contributed by atoms with Gasteiger partial charge in [0.1, 0.15) is 0 Å². The predicted octanol–water partition coefficient (Wildman–Crippen LogP) is 3.78. The van der Waals surface area contributed by atoms with Crippen LogP contribution < -0.4 is 5.32 Å². The molecule has 5 nitrogen and oxygen atoms in total. The lowest BCUT2D eigenvalue weighted by Crippen LogP contribution is -2.26. The minimum absolute atomic E-state index is 0.123. The fourth-order valence-corrected chi connectivity index (χ4v) is 2.95. The smallest absolute Gasteiger partial charge is 0.247 e. The van der Waals surface area contributed by atoms with Gasteiger partial charge in [-0.05, 0) is 37.1 Å². The van der Waals surface area contributed by atoms with E-state index in [0.717, 1.165) is 28.6 Å². The Bertz CT molecular complexity index is 932. The van der Waals surface area contributed by atoms with E-state index in [2.05, 4.69) is 10.4 Å². The van der Waals surface area contributed by atoms with Gasteiger partial charge in [-0.3, -0.25) is 9.59 Å². The van der Waals surface area contributed by atoms with Gasteiger partial charge in [0.05, 0.1) is 11.2 Å². The Hall–Kier alpha value is -2.66. The van der Waals surface area contributed by atoms with Crippen LogP contribution in [0.1, 0.15) is 28.9 Å². The van der Waals surface area contributed by atoms with Gasteiger partial charge in [-0.25, -0.2) is 0 Å². The van der Waals surface area contributed by atoms with Gasteiger partial charge < -0.3 is 5.32 Å². The molecule has 6 heteroatoms. The highest BCUT2D eigenvalue weighted by Gasteiger charge is 2.14.